The van der Waals surface area contributed by atoms with Crippen LogP contribution in [0.25, 0.3) is 0 Å². The van der Waals surface area contributed by atoms with Crippen LogP contribution in [0.2, 0.25) is 0 Å². The van der Waals surface area contributed by atoms with Crippen LogP contribution in [-0.2, 0) is 9.59 Å². The number of ether oxygens (including phenoxy) is 1. The molecule has 2 rings (SSSR count). The number of hydrogen-bond acceptors (Lipinski definition) is 4. The van der Waals surface area contributed by atoms with Crippen LogP contribution in [-0.4, -0.2) is 36.5 Å². The van der Waals surface area contributed by atoms with Gasteiger partial charge in [-0.3, -0.25) is 9.59 Å². The fourth-order valence-corrected chi connectivity index (χ4v) is 2.64. The third-order valence-corrected chi connectivity index (χ3v) is 4.17. The number of carbonyl (C=O) groups excluding carboxylic acids is 2. The molecule has 0 atom stereocenters. The fraction of sp³-hybridized carbons (Fsp3) is 0.263. The van der Waals surface area contributed by atoms with Crippen molar-refractivity contribution < 1.29 is 14.3 Å². The van der Waals surface area contributed by atoms with Crippen LogP contribution >= 0.6 is 11.8 Å². The molecule has 0 saturated carbocycles. The number of amides is 2. The van der Waals surface area contributed by atoms with E-state index in [9.17, 15) is 9.59 Å². The standard InChI is InChI=1S/C19H22N2O3S/c1-15-7-9-16(10-8-15)21-19(23)14-25-13-18(22)20-11-12-24-17-5-3-2-4-6-17/h2-10H,11-14H2,1H3,(H,20,22)(H,21,23). The van der Waals surface area contributed by atoms with Crippen LogP contribution in [0.4, 0.5) is 5.69 Å². The van der Waals surface area contributed by atoms with E-state index in [1.54, 1.807) is 0 Å². The number of nitrogens with one attached hydrogen (secondary N) is 2. The molecule has 25 heavy (non-hydrogen) atoms. The largest absolute Gasteiger partial charge is 0.492 e. The van der Waals surface area contributed by atoms with Gasteiger partial charge in [0.05, 0.1) is 18.1 Å². The highest BCUT2D eigenvalue weighted by atomic mass is 32.2. The highest BCUT2D eigenvalue weighted by Crippen LogP contribution is 2.10. The molecule has 0 saturated heterocycles. The van der Waals surface area contributed by atoms with E-state index in [1.807, 2.05) is 61.5 Å². The first-order valence-electron chi connectivity index (χ1n) is 8.02. The summed E-state index contributed by atoms with van der Waals surface area (Å²) in [6.45, 7) is 2.84. The quantitative estimate of drug-likeness (QED) is 0.677. The minimum atomic E-state index is -0.117. The summed E-state index contributed by atoms with van der Waals surface area (Å²) in [5, 5.41) is 5.57. The zero-order valence-electron chi connectivity index (χ0n) is 14.2. The molecule has 0 aliphatic carbocycles. The molecule has 0 aromatic heterocycles. The molecule has 2 amide bonds. The first-order valence-corrected chi connectivity index (χ1v) is 9.18. The highest BCUT2D eigenvalue weighted by molar-refractivity contribution is 8.00. The van der Waals surface area contributed by atoms with Gasteiger partial charge in [0.2, 0.25) is 11.8 Å². The van der Waals surface area contributed by atoms with Crippen LogP contribution in [0.5, 0.6) is 5.75 Å². The van der Waals surface area contributed by atoms with Crippen molar-refractivity contribution in [1.82, 2.24) is 5.32 Å². The van der Waals surface area contributed by atoms with Gasteiger partial charge in [0.25, 0.3) is 0 Å². The molecule has 0 spiro atoms. The number of thioether (sulfide) groups is 1. The van der Waals surface area contributed by atoms with Crippen molar-refractivity contribution in [3.05, 3.63) is 60.2 Å². The first kappa shape index (κ1) is 18.9. The highest BCUT2D eigenvalue weighted by Gasteiger charge is 2.06. The first-order chi connectivity index (χ1) is 12.1. The number of anilines is 1. The van der Waals surface area contributed by atoms with E-state index in [4.69, 9.17) is 4.74 Å². The summed E-state index contributed by atoms with van der Waals surface area (Å²) in [6.07, 6.45) is 0. The van der Waals surface area contributed by atoms with Gasteiger partial charge in [-0.1, -0.05) is 35.9 Å². The molecule has 0 aliphatic rings. The van der Waals surface area contributed by atoms with E-state index in [1.165, 1.54) is 11.8 Å². The third kappa shape index (κ3) is 7.76. The number of aryl methyl sites for hydroxylation is 1. The molecule has 2 aromatic rings. The minimum Gasteiger partial charge on any atom is -0.492 e. The Labute approximate surface area is 152 Å². The normalized spacial score (nSPS) is 10.1. The molecular formula is C19H22N2O3S. The number of para-hydroxylation sites is 1. The van der Waals surface area contributed by atoms with Crippen molar-refractivity contribution in [2.75, 3.05) is 30.0 Å². The smallest absolute Gasteiger partial charge is 0.234 e. The molecule has 0 radical (unpaired) electrons. The second-order valence-corrected chi connectivity index (χ2v) is 6.40. The maximum Gasteiger partial charge on any atom is 0.234 e. The van der Waals surface area contributed by atoms with Crippen LogP contribution in [0.1, 0.15) is 5.56 Å². The molecular weight excluding hydrogens is 336 g/mol. The van der Waals surface area contributed by atoms with Crippen molar-refractivity contribution >= 4 is 29.3 Å². The lowest BCUT2D eigenvalue weighted by atomic mass is 10.2. The van der Waals surface area contributed by atoms with Crippen LogP contribution < -0.4 is 15.4 Å². The van der Waals surface area contributed by atoms with E-state index in [0.717, 1.165) is 17.0 Å². The summed E-state index contributed by atoms with van der Waals surface area (Å²) < 4.78 is 5.49. The Morgan fingerprint density at radius 3 is 2.36 bits per heavy atom. The van der Waals surface area contributed by atoms with Crippen molar-refractivity contribution in [2.24, 2.45) is 0 Å². The van der Waals surface area contributed by atoms with Gasteiger partial charge in [-0.2, -0.15) is 0 Å². The molecule has 6 heteroatoms. The van der Waals surface area contributed by atoms with E-state index >= 15 is 0 Å². The van der Waals surface area contributed by atoms with Crippen LogP contribution in [0.15, 0.2) is 54.6 Å². The van der Waals surface area contributed by atoms with Crippen LogP contribution in [0.3, 0.4) is 0 Å². The lowest BCUT2D eigenvalue weighted by Crippen LogP contribution is -2.30. The topological polar surface area (TPSA) is 67.4 Å². The molecule has 2 aromatic carbocycles. The van der Waals surface area contributed by atoms with Crippen LogP contribution in [0, 0.1) is 6.92 Å². The maximum absolute atomic E-state index is 11.8. The van der Waals surface area contributed by atoms with Crippen molar-refractivity contribution in [3.8, 4) is 5.75 Å². The van der Waals surface area contributed by atoms with Crippen molar-refractivity contribution in [1.29, 1.82) is 0 Å². The van der Waals surface area contributed by atoms with E-state index in [-0.39, 0.29) is 23.3 Å². The molecule has 0 unspecified atom stereocenters. The zero-order valence-corrected chi connectivity index (χ0v) is 15.0. The van der Waals surface area contributed by atoms with E-state index in [2.05, 4.69) is 10.6 Å². The summed E-state index contributed by atoms with van der Waals surface area (Å²) in [4.78, 5) is 23.5. The van der Waals surface area contributed by atoms with Gasteiger partial charge in [-0.15, -0.1) is 11.8 Å². The van der Waals surface area contributed by atoms with Gasteiger partial charge >= 0.3 is 0 Å². The van der Waals surface area contributed by atoms with Crippen molar-refractivity contribution in [3.63, 3.8) is 0 Å². The minimum absolute atomic E-state index is 0.107. The Kier molecular flexibility index (Phi) is 7.85. The molecule has 132 valence electrons. The molecule has 0 heterocycles. The Hall–Kier alpha value is -2.47. The number of benzene rings is 2. The van der Waals surface area contributed by atoms with Gasteiger partial charge in [0.1, 0.15) is 12.4 Å². The SMILES string of the molecule is Cc1ccc(NC(=O)CSCC(=O)NCCOc2ccccc2)cc1. The number of carbonyl (C=O) groups is 2. The zero-order chi connectivity index (χ0) is 17.9. The molecule has 0 bridgehead atoms. The predicted octanol–water partition coefficient (Wildman–Crippen LogP) is 2.86. The number of hydrogen-bond donors (Lipinski definition) is 2. The van der Waals surface area contributed by atoms with Gasteiger partial charge in [0.15, 0.2) is 0 Å². The summed E-state index contributed by atoms with van der Waals surface area (Å²) in [5.74, 6) is 1.03. The van der Waals surface area contributed by atoms with E-state index < -0.39 is 0 Å². The molecule has 2 N–H and O–H groups in total. The second kappa shape index (κ2) is 10.4. The number of rotatable bonds is 9. The van der Waals surface area contributed by atoms with Gasteiger partial charge in [0, 0.05) is 5.69 Å². The Morgan fingerprint density at radius 1 is 0.960 bits per heavy atom. The predicted molar refractivity (Wildman–Crippen MR) is 102 cm³/mol. The fourth-order valence-electron chi connectivity index (χ4n) is 2.00. The lowest BCUT2D eigenvalue weighted by molar-refractivity contribution is -0.118. The van der Waals surface area contributed by atoms with Gasteiger partial charge < -0.3 is 15.4 Å². The Bertz CT molecular complexity index is 675. The average Bonchev–Trinajstić information content (AvgIpc) is 2.62. The molecule has 0 fully saturated rings. The monoisotopic (exact) mass is 358 g/mol. The summed E-state index contributed by atoms with van der Waals surface area (Å²) in [5.41, 5.74) is 1.90. The van der Waals surface area contributed by atoms with E-state index in [0.29, 0.717) is 13.2 Å². The Balaban J connectivity index is 1.54. The van der Waals surface area contributed by atoms with Crippen molar-refractivity contribution in [2.45, 2.75) is 6.92 Å². The maximum atomic E-state index is 11.8. The average molecular weight is 358 g/mol. The summed E-state index contributed by atoms with van der Waals surface area (Å²) >= 11 is 1.28. The second-order valence-electron chi connectivity index (χ2n) is 5.42. The Morgan fingerprint density at radius 2 is 1.64 bits per heavy atom. The van der Waals surface area contributed by atoms with Gasteiger partial charge in [-0.05, 0) is 31.2 Å². The summed E-state index contributed by atoms with van der Waals surface area (Å²) in [7, 11) is 0. The molecule has 0 aliphatic heterocycles. The van der Waals surface area contributed by atoms with Gasteiger partial charge in [-0.25, -0.2) is 0 Å². The third-order valence-electron chi connectivity index (χ3n) is 3.24. The molecule has 5 nitrogen and oxygen atoms in total. The summed E-state index contributed by atoms with van der Waals surface area (Å²) in [6, 6.07) is 17.0. The lowest BCUT2D eigenvalue weighted by Gasteiger charge is -2.08.